The lowest BCUT2D eigenvalue weighted by Gasteiger charge is -2.13. The smallest absolute Gasteiger partial charge is 0.396 e. The van der Waals surface area contributed by atoms with Crippen LogP contribution in [0.15, 0.2) is 22.7 Å². The summed E-state index contributed by atoms with van der Waals surface area (Å²) >= 11 is 3.03. The molecular weight excluding hydrogens is 261 g/mol. The first kappa shape index (κ1) is 11.5. The fourth-order valence-corrected chi connectivity index (χ4v) is 1.75. The molecule has 1 N–H and O–H groups in total. The van der Waals surface area contributed by atoms with Gasteiger partial charge in [-0.25, -0.2) is 0 Å². The van der Waals surface area contributed by atoms with Crippen LogP contribution in [0.25, 0.3) is 0 Å². The van der Waals surface area contributed by atoms with Gasteiger partial charge in [0.25, 0.3) is 0 Å². The third-order valence-electron chi connectivity index (χ3n) is 1.79. The van der Waals surface area contributed by atoms with E-state index in [4.69, 9.17) is 5.11 Å². The lowest BCUT2D eigenvalue weighted by atomic mass is 10.0. The summed E-state index contributed by atoms with van der Waals surface area (Å²) in [6, 6.07) is 3.86. The van der Waals surface area contributed by atoms with E-state index in [2.05, 4.69) is 15.9 Å². The van der Waals surface area contributed by atoms with E-state index >= 15 is 0 Å². The van der Waals surface area contributed by atoms with E-state index < -0.39 is 11.7 Å². The topological polar surface area (TPSA) is 20.2 Å². The van der Waals surface area contributed by atoms with Crippen molar-refractivity contribution in [2.75, 3.05) is 6.61 Å². The van der Waals surface area contributed by atoms with Crippen LogP contribution < -0.4 is 0 Å². The van der Waals surface area contributed by atoms with E-state index in [0.717, 1.165) is 6.07 Å². The number of rotatable bonds is 2. The first-order chi connectivity index (χ1) is 6.46. The van der Waals surface area contributed by atoms with Crippen LogP contribution in [-0.4, -0.2) is 11.7 Å². The molecule has 0 aliphatic rings. The molecule has 0 atom stereocenters. The van der Waals surface area contributed by atoms with Gasteiger partial charge in [0.15, 0.2) is 0 Å². The van der Waals surface area contributed by atoms with E-state index in [0.29, 0.717) is 4.47 Å². The average molecular weight is 269 g/mol. The highest BCUT2D eigenvalue weighted by Crippen LogP contribution is 2.35. The monoisotopic (exact) mass is 268 g/mol. The summed E-state index contributed by atoms with van der Waals surface area (Å²) in [6.07, 6.45) is -4.37. The molecule has 0 spiro atoms. The van der Waals surface area contributed by atoms with Crippen LogP contribution in [-0.2, 0) is 12.6 Å². The van der Waals surface area contributed by atoms with Crippen molar-refractivity contribution in [1.82, 2.24) is 0 Å². The molecule has 78 valence electrons. The molecular formula is C9H8BrF3O. The van der Waals surface area contributed by atoms with Crippen molar-refractivity contribution < 1.29 is 18.3 Å². The van der Waals surface area contributed by atoms with Gasteiger partial charge in [0.1, 0.15) is 0 Å². The van der Waals surface area contributed by atoms with Crippen molar-refractivity contribution in [2.45, 2.75) is 12.6 Å². The van der Waals surface area contributed by atoms with Crippen molar-refractivity contribution in [2.24, 2.45) is 0 Å². The van der Waals surface area contributed by atoms with E-state index in [1.165, 1.54) is 12.1 Å². The van der Waals surface area contributed by atoms with Crippen LogP contribution in [0.2, 0.25) is 0 Å². The van der Waals surface area contributed by atoms with Gasteiger partial charge in [-0.3, -0.25) is 0 Å². The fraction of sp³-hybridized carbons (Fsp3) is 0.333. The van der Waals surface area contributed by atoms with Crippen molar-refractivity contribution in [1.29, 1.82) is 0 Å². The molecule has 0 bridgehead atoms. The first-order valence-corrected chi connectivity index (χ1v) is 4.71. The molecule has 5 heteroatoms. The minimum absolute atomic E-state index is 0.00370. The number of aliphatic hydroxyl groups is 1. The summed E-state index contributed by atoms with van der Waals surface area (Å²) in [5, 5.41) is 8.65. The Morgan fingerprint density at radius 3 is 2.43 bits per heavy atom. The summed E-state index contributed by atoms with van der Waals surface area (Å²) in [4.78, 5) is 0. The molecule has 0 unspecified atom stereocenters. The zero-order valence-electron chi connectivity index (χ0n) is 7.11. The van der Waals surface area contributed by atoms with E-state index in [9.17, 15) is 13.2 Å². The number of hydrogen-bond donors (Lipinski definition) is 1. The highest BCUT2D eigenvalue weighted by Gasteiger charge is 2.33. The Kier molecular flexibility index (Phi) is 3.55. The Morgan fingerprint density at radius 2 is 1.93 bits per heavy atom. The Hall–Kier alpha value is -0.550. The van der Waals surface area contributed by atoms with Crippen LogP contribution in [0.3, 0.4) is 0 Å². The van der Waals surface area contributed by atoms with Gasteiger partial charge in [-0.15, -0.1) is 0 Å². The van der Waals surface area contributed by atoms with E-state index in [-0.39, 0.29) is 18.6 Å². The van der Waals surface area contributed by atoms with Gasteiger partial charge in [-0.1, -0.05) is 22.0 Å². The minimum atomic E-state index is -4.37. The molecule has 0 aromatic heterocycles. The molecule has 0 radical (unpaired) electrons. The van der Waals surface area contributed by atoms with Gasteiger partial charge in [-0.05, 0) is 24.1 Å². The largest absolute Gasteiger partial charge is 0.416 e. The third kappa shape index (κ3) is 2.48. The molecule has 1 nitrogen and oxygen atoms in total. The van der Waals surface area contributed by atoms with Crippen LogP contribution in [0.5, 0.6) is 0 Å². The summed E-state index contributed by atoms with van der Waals surface area (Å²) in [5.74, 6) is 0. The van der Waals surface area contributed by atoms with Crippen LogP contribution in [0.1, 0.15) is 11.1 Å². The van der Waals surface area contributed by atoms with Gasteiger partial charge in [0.05, 0.1) is 5.56 Å². The molecule has 14 heavy (non-hydrogen) atoms. The van der Waals surface area contributed by atoms with E-state index in [1.807, 2.05) is 0 Å². The Labute approximate surface area is 87.7 Å². The van der Waals surface area contributed by atoms with Gasteiger partial charge >= 0.3 is 6.18 Å². The highest BCUT2D eigenvalue weighted by molar-refractivity contribution is 9.10. The second kappa shape index (κ2) is 4.31. The highest BCUT2D eigenvalue weighted by atomic mass is 79.9. The summed E-state index contributed by atoms with van der Waals surface area (Å²) < 4.78 is 37.7. The zero-order valence-corrected chi connectivity index (χ0v) is 8.69. The standard InChI is InChI=1S/C9H8BrF3O/c10-8-3-1-2-7(9(11,12)13)6(8)4-5-14/h1-3,14H,4-5H2. The Bertz CT molecular complexity index is 322. The maximum Gasteiger partial charge on any atom is 0.416 e. The van der Waals surface area contributed by atoms with Crippen molar-refractivity contribution in [3.63, 3.8) is 0 Å². The predicted octanol–water partition coefficient (Wildman–Crippen LogP) is 3.00. The number of alkyl halides is 3. The molecule has 0 heterocycles. The van der Waals surface area contributed by atoms with Crippen molar-refractivity contribution in [3.8, 4) is 0 Å². The van der Waals surface area contributed by atoms with Crippen molar-refractivity contribution >= 4 is 15.9 Å². The molecule has 1 aromatic carbocycles. The molecule has 0 saturated carbocycles. The second-order valence-electron chi connectivity index (χ2n) is 2.74. The summed E-state index contributed by atoms with van der Waals surface area (Å²) in [6.45, 7) is -0.300. The van der Waals surface area contributed by atoms with Gasteiger partial charge in [-0.2, -0.15) is 13.2 Å². The molecule has 0 amide bonds. The second-order valence-corrected chi connectivity index (χ2v) is 3.59. The molecule has 1 rings (SSSR count). The Morgan fingerprint density at radius 1 is 1.29 bits per heavy atom. The molecule has 1 aromatic rings. The molecule has 0 fully saturated rings. The predicted molar refractivity (Wildman–Crippen MR) is 49.9 cm³/mol. The summed E-state index contributed by atoms with van der Waals surface area (Å²) in [7, 11) is 0. The number of halogens is 4. The number of benzene rings is 1. The van der Waals surface area contributed by atoms with Gasteiger partial charge in [0, 0.05) is 11.1 Å². The fourth-order valence-electron chi connectivity index (χ4n) is 1.19. The maximum atomic E-state index is 12.4. The Balaban J connectivity index is 3.21. The van der Waals surface area contributed by atoms with Crippen LogP contribution >= 0.6 is 15.9 Å². The lowest BCUT2D eigenvalue weighted by Crippen LogP contribution is -2.10. The SMILES string of the molecule is OCCc1c(Br)cccc1C(F)(F)F. The normalized spacial score (nSPS) is 11.8. The zero-order chi connectivity index (χ0) is 10.8. The van der Waals surface area contributed by atoms with Gasteiger partial charge < -0.3 is 5.11 Å². The molecule has 0 saturated heterocycles. The van der Waals surface area contributed by atoms with E-state index in [1.54, 1.807) is 0 Å². The molecule has 0 aliphatic carbocycles. The first-order valence-electron chi connectivity index (χ1n) is 3.92. The van der Waals surface area contributed by atoms with Gasteiger partial charge in [0.2, 0.25) is 0 Å². The van der Waals surface area contributed by atoms with Crippen LogP contribution in [0, 0.1) is 0 Å². The number of hydrogen-bond acceptors (Lipinski definition) is 1. The average Bonchev–Trinajstić information content (AvgIpc) is 2.07. The molecule has 0 aliphatic heterocycles. The lowest BCUT2D eigenvalue weighted by molar-refractivity contribution is -0.138. The summed E-state index contributed by atoms with van der Waals surface area (Å²) in [5.41, 5.74) is -0.594. The third-order valence-corrected chi connectivity index (χ3v) is 2.53. The quantitative estimate of drug-likeness (QED) is 0.875. The maximum absolute atomic E-state index is 12.4. The minimum Gasteiger partial charge on any atom is -0.396 e. The number of aliphatic hydroxyl groups excluding tert-OH is 1. The van der Waals surface area contributed by atoms with Crippen molar-refractivity contribution in [3.05, 3.63) is 33.8 Å². The van der Waals surface area contributed by atoms with Crippen LogP contribution in [0.4, 0.5) is 13.2 Å².